The van der Waals surface area contributed by atoms with Gasteiger partial charge in [0.2, 0.25) is 11.8 Å². The van der Waals surface area contributed by atoms with Crippen molar-refractivity contribution in [3.63, 3.8) is 0 Å². The molecule has 156 valence electrons. The number of halogens is 1. The van der Waals surface area contributed by atoms with Crippen LogP contribution in [0.15, 0.2) is 86.9 Å². The number of aryl methyl sites for hydroxylation is 1. The Hall–Kier alpha value is -3.10. The molecule has 3 aromatic carbocycles. The van der Waals surface area contributed by atoms with Gasteiger partial charge in [-0.15, -0.1) is 10.2 Å². The largest absolute Gasteiger partial charge is 0.455 e. The van der Waals surface area contributed by atoms with Crippen LogP contribution in [0.2, 0.25) is 0 Å². The number of amides is 1. The number of aromatic nitrogens is 2. The molecule has 4 rings (SSSR count). The summed E-state index contributed by atoms with van der Waals surface area (Å²) in [5, 5.41) is 11.3. The second-order valence-electron chi connectivity index (χ2n) is 6.63. The molecule has 0 radical (unpaired) electrons. The number of carbonyl (C=O) groups is 1. The van der Waals surface area contributed by atoms with Crippen LogP contribution < -0.4 is 10.1 Å². The molecule has 0 unspecified atom stereocenters. The molecule has 0 fully saturated rings. The number of thioether (sulfide) groups is 1. The van der Waals surface area contributed by atoms with Gasteiger partial charge in [0.1, 0.15) is 5.75 Å². The molecular formula is C23H18BrN3O3S. The first-order valence-electron chi connectivity index (χ1n) is 9.42. The van der Waals surface area contributed by atoms with Gasteiger partial charge in [-0.05, 0) is 55.5 Å². The second-order valence-corrected chi connectivity index (χ2v) is 8.47. The Kier molecular flexibility index (Phi) is 6.69. The number of anilines is 1. The summed E-state index contributed by atoms with van der Waals surface area (Å²) in [6.07, 6.45) is 0. The van der Waals surface area contributed by atoms with E-state index in [0.29, 0.717) is 28.3 Å². The van der Waals surface area contributed by atoms with Gasteiger partial charge in [-0.3, -0.25) is 4.79 Å². The minimum atomic E-state index is -0.201. The average Bonchev–Trinajstić information content (AvgIpc) is 3.25. The molecule has 0 aliphatic carbocycles. The predicted molar refractivity (Wildman–Crippen MR) is 124 cm³/mol. The minimum absolute atomic E-state index is 0.126. The highest BCUT2D eigenvalue weighted by atomic mass is 79.9. The van der Waals surface area contributed by atoms with E-state index >= 15 is 0 Å². The number of rotatable bonds is 7. The molecule has 1 N–H and O–H groups in total. The third-order valence-corrected chi connectivity index (χ3v) is 5.58. The van der Waals surface area contributed by atoms with Gasteiger partial charge in [-0.25, -0.2) is 0 Å². The molecule has 0 atom stereocenters. The van der Waals surface area contributed by atoms with E-state index in [0.717, 1.165) is 15.6 Å². The Morgan fingerprint density at radius 1 is 1.03 bits per heavy atom. The monoisotopic (exact) mass is 495 g/mol. The molecule has 1 aromatic heterocycles. The van der Waals surface area contributed by atoms with Crippen molar-refractivity contribution in [3.8, 4) is 23.0 Å². The minimum Gasteiger partial charge on any atom is -0.455 e. The average molecular weight is 496 g/mol. The van der Waals surface area contributed by atoms with Crippen LogP contribution in [0.4, 0.5) is 5.69 Å². The van der Waals surface area contributed by atoms with Crippen molar-refractivity contribution in [3.05, 3.63) is 82.8 Å². The van der Waals surface area contributed by atoms with Crippen molar-refractivity contribution in [1.29, 1.82) is 0 Å². The summed E-state index contributed by atoms with van der Waals surface area (Å²) >= 11 is 4.57. The fraction of sp³-hybridized carbons (Fsp3) is 0.0870. The number of benzene rings is 3. The number of ether oxygens (including phenoxy) is 1. The molecule has 4 aromatic rings. The van der Waals surface area contributed by atoms with Crippen molar-refractivity contribution in [2.24, 2.45) is 0 Å². The molecule has 0 saturated carbocycles. The third-order valence-electron chi connectivity index (χ3n) is 4.23. The summed E-state index contributed by atoms with van der Waals surface area (Å²) in [4.78, 5) is 12.5. The van der Waals surface area contributed by atoms with Crippen LogP contribution >= 0.6 is 27.7 Å². The molecule has 0 spiro atoms. The first kappa shape index (κ1) is 21.1. The molecule has 31 heavy (non-hydrogen) atoms. The van der Waals surface area contributed by atoms with Crippen LogP contribution in [0.25, 0.3) is 11.5 Å². The fourth-order valence-electron chi connectivity index (χ4n) is 2.68. The Labute approximate surface area is 192 Å². The maximum absolute atomic E-state index is 12.5. The first-order chi connectivity index (χ1) is 15.1. The van der Waals surface area contributed by atoms with Crippen LogP contribution in [0.3, 0.4) is 0 Å². The topological polar surface area (TPSA) is 77.2 Å². The molecule has 1 heterocycles. The number of carbonyl (C=O) groups excluding carboxylic acids is 1. The van der Waals surface area contributed by atoms with E-state index in [1.807, 2.05) is 73.7 Å². The number of hydrogen-bond acceptors (Lipinski definition) is 6. The lowest BCUT2D eigenvalue weighted by Gasteiger charge is -2.12. The summed E-state index contributed by atoms with van der Waals surface area (Å²) in [5.74, 6) is 1.61. The van der Waals surface area contributed by atoms with Crippen molar-refractivity contribution < 1.29 is 13.9 Å². The van der Waals surface area contributed by atoms with Crippen LogP contribution in [0.5, 0.6) is 11.5 Å². The normalized spacial score (nSPS) is 10.6. The van der Waals surface area contributed by atoms with Crippen molar-refractivity contribution >= 4 is 39.3 Å². The van der Waals surface area contributed by atoms with E-state index in [4.69, 9.17) is 9.15 Å². The quantitative estimate of drug-likeness (QED) is 0.301. The standard InChI is InChI=1S/C23H18BrN3O3S/c1-15-6-12-18(13-7-15)29-20-5-3-2-4-19(20)25-21(28)14-31-23-27-26-22(30-23)16-8-10-17(24)11-9-16/h2-13H,14H2,1H3,(H,25,28). The van der Waals surface area contributed by atoms with Crippen LogP contribution in [0.1, 0.15) is 5.56 Å². The highest BCUT2D eigenvalue weighted by Gasteiger charge is 2.13. The van der Waals surface area contributed by atoms with Crippen molar-refractivity contribution in [1.82, 2.24) is 10.2 Å². The third kappa shape index (κ3) is 5.74. The zero-order valence-corrected chi connectivity index (χ0v) is 18.9. The van der Waals surface area contributed by atoms with Crippen LogP contribution in [-0.2, 0) is 4.79 Å². The number of hydrogen-bond donors (Lipinski definition) is 1. The second kappa shape index (κ2) is 9.80. The molecular weight excluding hydrogens is 478 g/mol. The number of nitrogens with one attached hydrogen (secondary N) is 1. The van der Waals surface area contributed by atoms with E-state index in [-0.39, 0.29) is 11.7 Å². The predicted octanol–water partition coefficient (Wildman–Crippen LogP) is 6.33. The SMILES string of the molecule is Cc1ccc(Oc2ccccc2NC(=O)CSc2nnc(-c3ccc(Br)cc3)o2)cc1. The lowest BCUT2D eigenvalue weighted by atomic mass is 10.2. The van der Waals surface area contributed by atoms with E-state index in [2.05, 4.69) is 31.4 Å². The zero-order chi connectivity index (χ0) is 21.6. The van der Waals surface area contributed by atoms with Gasteiger partial charge >= 0.3 is 0 Å². The molecule has 0 aliphatic heterocycles. The highest BCUT2D eigenvalue weighted by molar-refractivity contribution is 9.10. The number of nitrogens with zero attached hydrogens (tertiary/aromatic N) is 2. The molecule has 0 aliphatic rings. The summed E-state index contributed by atoms with van der Waals surface area (Å²) in [5.41, 5.74) is 2.55. The summed E-state index contributed by atoms with van der Waals surface area (Å²) in [6.45, 7) is 2.01. The smallest absolute Gasteiger partial charge is 0.277 e. The summed E-state index contributed by atoms with van der Waals surface area (Å²) in [6, 6.07) is 22.6. The zero-order valence-electron chi connectivity index (χ0n) is 16.5. The van der Waals surface area contributed by atoms with Crippen LogP contribution in [-0.4, -0.2) is 21.9 Å². The lowest BCUT2D eigenvalue weighted by molar-refractivity contribution is -0.113. The Balaban J connectivity index is 1.36. The Bertz CT molecular complexity index is 1180. The van der Waals surface area contributed by atoms with Gasteiger partial charge in [-0.2, -0.15) is 0 Å². The molecule has 6 nitrogen and oxygen atoms in total. The lowest BCUT2D eigenvalue weighted by Crippen LogP contribution is -2.14. The van der Waals surface area contributed by atoms with Gasteiger partial charge in [0, 0.05) is 10.0 Å². The summed E-state index contributed by atoms with van der Waals surface area (Å²) < 4.78 is 12.5. The van der Waals surface area contributed by atoms with Gasteiger partial charge in [0.25, 0.3) is 5.22 Å². The maximum atomic E-state index is 12.5. The molecule has 1 amide bonds. The van der Waals surface area contributed by atoms with Crippen LogP contribution in [0, 0.1) is 6.92 Å². The Morgan fingerprint density at radius 3 is 2.55 bits per heavy atom. The molecule has 0 bridgehead atoms. The van der Waals surface area contributed by atoms with Gasteiger partial charge in [0.05, 0.1) is 11.4 Å². The maximum Gasteiger partial charge on any atom is 0.277 e. The summed E-state index contributed by atoms with van der Waals surface area (Å²) in [7, 11) is 0. The molecule has 8 heteroatoms. The number of para-hydroxylation sites is 2. The van der Waals surface area contributed by atoms with Crippen molar-refractivity contribution in [2.45, 2.75) is 12.1 Å². The van der Waals surface area contributed by atoms with E-state index in [9.17, 15) is 4.79 Å². The van der Waals surface area contributed by atoms with Crippen molar-refractivity contribution in [2.75, 3.05) is 11.1 Å². The van der Waals surface area contributed by atoms with E-state index in [1.165, 1.54) is 11.8 Å². The Morgan fingerprint density at radius 2 is 1.77 bits per heavy atom. The van der Waals surface area contributed by atoms with Gasteiger partial charge in [-0.1, -0.05) is 57.5 Å². The molecule has 0 saturated heterocycles. The fourth-order valence-corrected chi connectivity index (χ4v) is 3.51. The van der Waals surface area contributed by atoms with Gasteiger partial charge in [0.15, 0.2) is 5.75 Å². The van der Waals surface area contributed by atoms with E-state index < -0.39 is 0 Å². The highest BCUT2D eigenvalue weighted by Crippen LogP contribution is 2.30. The van der Waals surface area contributed by atoms with E-state index in [1.54, 1.807) is 6.07 Å². The van der Waals surface area contributed by atoms with Gasteiger partial charge < -0.3 is 14.5 Å². The first-order valence-corrected chi connectivity index (χ1v) is 11.2.